The summed E-state index contributed by atoms with van der Waals surface area (Å²) in [5, 5.41) is 0.971. The molecule has 8 heteroatoms. The van der Waals surface area contributed by atoms with Crippen LogP contribution in [0.3, 0.4) is 0 Å². The maximum atomic E-state index is 13.4. The van der Waals surface area contributed by atoms with E-state index in [1.165, 1.54) is 6.07 Å². The molecule has 0 spiro atoms. The van der Waals surface area contributed by atoms with Crippen molar-refractivity contribution in [3.63, 3.8) is 0 Å². The third-order valence-corrected chi connectivity index (χ3v) is 3.25. The van der Waals surface area contributed by atoms with Gasteiger partial charge in [-0.2, -0.15) is 5.01 Å². The number of alkyl halides is 3. The number of fused-ring (bicyclic) bond motifs is 1. The molecule has 1 aromatic heterocycles. The van der Waals surface area contributed by atoms with Gasteiger partial charge in [-0.05, 0) is 18.6 Å². The lowest BCUT2D eigenvalue weighted by Gasteiger charge is -2.33. The van der Waals surface area contributed by atoms with Crippen molar-refractivity contribution in [1.82, 2.24) is 15.0 Å². The van der Waals surface area contributed by atoms with Gasteiger partial charge in [0, 0.05) is 18.4 Å². The van der Waals surface area contributed by atoms with Crippen molar-refractivity contribution in [2.45, 2.75) is 19.1 Å². The summed E-state index contributed by atoms with van der Waals surface area (Å²) in [6.45, 7) is 0.0245. The molecule has 5 nitrogen and oxygen atoms in total. The van der Waals surface area contributed by atoms with Gasteiger partial charge >= 0.3 is 6.30 Å². The second-order valence-electron chi connectivity index (χ2n) is 4.61. The molecule has 1 fully saturated rings. The minimum absolute atomic E-state index is 0.0202. The number of nitrogens with zero attached hydrogens (tertiary/aromatic N) is 4. The number of anilines is 1. The van der Waals surface area contributed by atoms with E-state index in [1.54, 1.807) is 18.2 Å². The Morgan fingerprint density at radius 2 is 1.95 bits per heavy atom. The summed E-state index contributed by atoms with van der Waals surface area (Å²) in [5.41, 5.74) is 0.392. The highest BCUT2D eigenvalue weighted by Crippen LogP contribution is 2.34. The van der Waals surface area contributed by atoms with E-state index in [9.17, 15) is 18.0 Å². The quantitative estimate of drug-likeness (QED) is 0.799. The first kappa shape index (κ1) is 13.6. The molecule has 0 radical (unpaired) electrons. The number of carbonyl (C=O) groups excluding carboxylic acids is 1. The summed E-state index contributed by atoms with van der Waals surface area (Å²) in [7, 11) is 0. The Morgan fingerprint density at radius 3 is 2.62 bits per heavy atom. The summed E-state index contributed by atoms with van der Waals surface area (Å²) in [6, 6.07) is 6.39. The van der Waals surface area contributed by atoms with Crippen molar-refractivity contribution in [2.75, 3.05) is 11.6 Å². The molecule has 1 saturated heterocycles. The van der Waals surface area contributed by atoms with E-state index in [4.69, 9.17) is 0 Å². The van der Waals surface area contributed by atoms with E-state index in [-0.39, 0.29) is 29.2 Å². The molecule has 21 heavy (non-hydrogen) atoms. The van der Waals surface area contributed by atoms with Crippen LogP contribution in [-0.2, 0) is 4.79 Å². The van der Waals surface area contributed by atoms with Gasteiger partial charge in [0.2, 0.25) is 5.91 Å². The van der Waals surface area contributed by atoms with Gasteiger partial charge in [-0.25, -0.2) is 15.0 Å². The zero-order valence-corrected chi connectivity index (χ0v) is 10.8. The molecule has 1 aliphatic rings. The average Bonchev–Trinajstić information content (AvgIpc) is 2.84. The first-order valence-electron chi connectivity index (χ1n) is 6.35. The molecule has 0 N–H and O–H groups in total. The smallest absolute Gasteiger partial charge is 0.273 e. The van der Waals surface area contributed by atoms with E-state index in [0.29, 0.717) is 16.9 Å². The van der Waals surface area contributed by atoms with Crippen molar-refractivity contribution in [2.24, 2.45) is 0 Å². The van der Waals surface area contributed by atoms with Crippen molar-refractivity contribution < 1.29 is 18.0 Å². The number of halogens is 3. The normalized spacial score (nSPS) is 15.8. The Hall–Kier alpha value is -2.38. The van der Waals surface area contributed by atoms with Crippen LogP contribution in [0.1, 0.15) is 12.8 Å². The Labute approximate surface area is 118 Å². The fourth-order valence-corrected chi connectivity index (χ4v) is 2.38. The predicted octanol–water partition coefficient (Wildman–Crippen LogP) is 2.49. The molecule has 1 amide bonds. The van der Waals surface area contributed by atoms with Gasteiger partial charge < -0.3 is 0 Å². The number of hydrogen-bond acceptors (Lipinski definition) is 4. The summed E-state index contributed by atoms with van der Waals surface area (Å²) in [4.78, 5) is 19.4. The van der Waals surface area contributed by atoms with Crippen LogP contribution in [0.25, 0.3) is 10.9 Å². The number of para-hydroxylation sites is 1. The van der Waals surface area contributed by atoms with E-state index in [1.807, 2.05) is 0 Å². The first-order chi connectivity index (χ1) is 9.98. The van der Waals surface area contributed by atoms with Crippen LogP contribution in [0.2, 0.25) is 0 Å². The molecule has 3 rings (SSSR count). The van der Waals surface area contributed by atoms with Crippen LogP contribution in [-0.4, -0.2) is 33.7 Å². The lowest BCUT2D eigenvalue weighted by atomic mass is 10.2. The monoisotopic (exact) mass is 296 g/mol. The molecule has 0 bridgehead atoms. The van der Waals surface area contributed by atoms with E-state index in [2.05, 4.69) is 9.97 Å². The number of benzene rings is 1. The summed E-state index contributed by atoms with van der Waals surface area (Å²) in [5.74, 6) is -0.890. The molecule has 0 saturated carbocycles. The van der Waals surface area contributed by atoms with E-state index >= 15 is 0 Å². The number of aromatic nitrogens is 2. The summed E-state index contributed by atoms with van der Waals surface area (Å²) >= 11 is 0. The minimum atomic E-state index is -4.74. The highest BCUT2D eigenvalue weighted by atomic mass is 19.4. The number of carbonyl (C=O) groups is 1. The molecule has 2 heterocycles. The molecular weight excluding hydrogens is 285 g/mol. The van der Waals surface area contributed by atoms with E-state index < -0.39 is 12.2 Å². The molecule has 1 aromatic carbocycles. The van der Waals surface area contributed by atoms with Gasteiger partial charge in [-0.15, -0.1) is 13.2 Å². The fraction of sp³-hybridized carbons (Fsp3) is 0.308. The maximum absolute atomic E-state index is 13.4. The fourth-order valence-electron chi connectivity index (χ4n) is 2.38. The largest absolute Gasteiger partial charge is 0.504 e. The highest BCUT2D eigenvalue weighted by molar-refractivity contribution is 5.90. The van der Waals surface area contributed by atoms with Crippen LogP contribution in [0, 0.1) is 0 Å². The van der Waals surface area contributed by atoms with Gasteiger partial charge in [-0.1, -0.05) is 12.1 Å². The third kappa shape index (κ3) is 2.37. The number of hydrogen-bond donors (Lipinski definition) is 0. The van der Waals surface area contributed by atoms with Crippen molar-refractivity contribution >= 4 is 22.6 Å². The molecule has 110 valence electrons. The SMILES string of the molecule is O=C1CCCN1N(c1ncnc2ccccc12)C(F)(F)F. The molecule has 1 aliphatic heterocycles. The van der Waals surface area contributed by atoms with Gasteiger partial charge in [0.15, 0.2) is 5.82 Å². The predicted molar refractivity (Wildman–Crippen MR) is 69.0 cm³/mol. The van der Waals surface area contributed by atoms with Crippen LogP contribution in [0.4, 0.5) is 19.0 Å². The molecule has 0 atom stereocenters. The van der Waals surface area contributed by atoms with Crippen LogP contribution in [0.5, 0.6) is 0 Å². The van der Waals surface area contributed by atoms with Gasteiger partial charge in [0.05, 0.1) is 5.52 Å². The lowest BCUT2D eigenvalue weighted by Crippen LogP contribution is -2.52. The summed E-state index contributed by atoms with van der Waals surface area (Å²) < 4.78 is 40.3. The second kappa shape index (κ2) is 4.87. The molecule has 0 aliphatic carbocycles. The third-order valence-electron chi connectivity index (χ3n) is 3.25. The van der Waals surface area contributed by atoms with E-state index in [0.717, 1.165) is 6.33 Å². The van der Waals surface area contributed by atoms with Crippen LogP contribution >= 0.6 is 0 Å². The van der Waals surface area contributed by atoms with Crippen LogP contribution < -0.4 is 5.01 Å². The van der Waals surface area contributed by atoms with Crippen molar-refractivity contribution in [3.8, 4) is 0 Å². The van der Waals surface area contributed by atoms with Crippen molar-refractivity contribution in [1.29, 1.82) is 0 Å². The Kier molecular flexibility index (Phi) is 3.15. The molecule has 2 aromatic rings. The lowest BCUT2D eigenvalue weighted by molar-refractivity contribution is -0.168. The number of hydrazine groups is 1. The second-order valence-corrected chi connectivity index (χ2v) is 4.61. The molecule has 0 unspecified atom stereocenters. The van der Waals surface area contributed by atoms with Crippen molar-refractivity contribution in [3.05, 3.63) is 30.6 Å². The Morgan fingerprint density at radius 1 is 1.19 bits per heavy atom. The van der Waals surface area contributed by atoms with Gasteiger partial charge in [0.25, 0.3) is 0 Å². The van der Waals surface area contributed by atoms with Crippen LogP contribution in [0.15, 0.2) is 30.6 Å². The maximum Gasteiger partial charge on any atom is 0.504 e. The number of amides is 1. The number of rotatable bonds is 2. The van der Waals surface area contributed by atoms with Gasteiger partial charge in [-0.3, -0.25) is 4.79 Å². The van der Waals surface area contributed by atoms with Gasteiger partial charge in [0.1, 0.15) is 6.33 Å². The minimum Gasteiger partial charge on any atom is -0.273 e. The summed E-state index contributed by atoms with van der Waals surface area (Å²) in [6.07, 6.45) is -3.17. The topological polar surface area (TPSA) is 49.3 Å². The first-order valence-corrected chi connectivity index (χ1v) is 6.35. The highest BCUT2D eigenvalue weighted by Gasteiger charge is 2.46. The Bertz CT molecular complexity index is 683. The average molecular weight is 296 g/mol. The molecular formula is C13H11F3N4O. The standard InChI is InChI=1S/C13H11F3N4O/c14-13(15,16)20(19-7-3-6-11(19)21)12-9-4-1-2-5-10(9)17-8-18-12/h1-2,4-5,8H,3,6-7H2. The zero-order chi connectivity index (χ0) is 15.0. The zero-order valence-electron chi connectivity index (χ0n) is 10.8. The Balaban J connectivity index is 2.17.